The number of benzene rings is 4. The van der Waals surface area contributed by atoms with Gasteiger partial charge in [0.1, 0.15) is 18.2 Å². The van der Waals surface area contributed by atoms with Crippen molar-refractivity contribution in [3.05, 3.63) is 107 Å². The van der Waals surface area contributed by atoms with Gasteiger partial charge < -0.3 is 10.1 Å². The minimum atomic E-state index is -0.249. The first-order chi connectivity index (χ1) is 13.7. The second-order valence-corrected chi connectivity index (χ2v) is 6.90. The van der Waals surface area contributed by atoms with Crippen LogP contribution in [-0.2, 0) is 13.2 Å². The van der Waals surface area contributed by atoms with Crippen molar-refractivity contribution in [2.75, 3.05) is 5.32 Å². The monoisotopic (exact) mass is 371 g/mol. The van der Waals surface area contributed by atoms with Crippen molar-refractivity contribution < 1.29 is 9.13 Å². The molecular formula is C25H22FNO. The highest BCUT2D eigenvalue weighted by atomic mass is 19.1. The van der Waals surface area contributed by atoms with Gasteiger partial charge in [0.15, 0.2) is 0 Å². The Hall–Kier alpha value is -3.33. The number of hydrogen-bond acceptors (Lipinski definition) is 2. The first-order valence-corrected chi connectivity index (χ1v) is 9.37. The van der Waals surface area contributed by atoms with Crippen LogP contribution >= 0.6 is 0 Å². The molecule has 0 fully saturated rings. The molecule has 0 aliphatic rings. The van der Waals surface area contributed by atoms with E-state index in [1.54, 1.807) is 6.07 Å². The summed E-state index contributed by atoms with van der Waals surface area (Å²) in [6, 6.07) is 27.2. The molecule has 4 aromatic rings. The third kappa shape index (κ3) is 4.15. The fourth-order valence-electron chi connectivity index (χ4n) is 3.28. The summed E-state index contributed by atoms with van der Waals surface area (Å²) in [4.78, 5) is 0. The first kappa shape index (κ1) is 18.1. The van der Waals surface area contributed by atoms with E-state index >= 15 is 0 Å². The molecule has 28 heavy (non-hydrogen) atoms. The minimum Gasteiger partial charge on any atom is -0.489 e. The van der Waals surface area contributed by atoms with Gasteiger partial charge in [0.25, 0.3) is 0 Å². The predicted molar refractivity (Wildman–Crippen MR) is 113 cm³/mol. The highest BCUT2D eigenvalue weighted by molar-refractivity contribution is 5.88. The van der Waals surface area contributed by atoms with Gasteiger partial charge in [-0.05, 0) is 53.6 Å². The van der Waals surface area contributed by atoms with Crippen LogP contribution in [-0.4, -0.2) is 0 Å². The van der Waals surface area contributed by atoms with Crippen molar-refractivity contribution in [3.63, 3.8) is 0 Å². The molecule has 0 bridgehead atoms. The van der Waals surface area contributed by atoms with Gasteiger partial charge in [-0.3, -0.25) is 0 Å². The number of fused-ring (bicyclic) bond motifs is 1. The van der Waals surface area contributed by atoms with Crippen LogP contribution in [0.4, 0.5) is 10.1 Å². The molecule has 140 valence electrons. The third-order valence-corrected chi connectivity index (χ3v) is 4.80. The Labute approximate surface area is 164 Å². The van der Waals surface area contributed by atoms with E-state index in [9.17, 15) is 4.39 Å². The Balaban J connectivity index is 1.61. The molecule has 0 unspecified atom stereocenters. The molecule has 0 aliphatic heterocycles. The third-order valence-electron chi connectivity index (χ3n) is 4.80. The van der Waals surface area contributed by atoms with Crippen molar-refractivity contribution in [2.45, 2.75) is 20.1 Å². The van der Waals surface area contributed by atoms with E-state index in [1.165, 1.54) is 23.1 Å². The van der Waals surface area contributed by atoms with E-state index in [-0.39, 0.29) is 5.82 Å². The molecule has 1 N–H and O–H groups in total. The van der Waals surface area contributed by atoms with Crippen molar-refractivity contribution in [1.82, 2.24) is 0 Å². The summed E-state index contributed by atoms with van der Waals surface area (Å²) in [5.41, 5.74) is 4.20. The maximum atomic E-state index is 13.5. The van der Waals surface area contributed by atoms with E-state index in [4.69, 9.17) is 4.74 Å². The average molecular weight is 371 g/mol. The highest BCUT2D eigenvalue weighted by Crippen LogP contribution is 2.29. The van der Waals surface area contributed by atoms with Gasteiger partial charge >= 0.3 is 0 Å². The molecule has 0 aromatic heterocycles. The average Bonchev–Trinajstić information content (AvgIpc) is 2.72. The number of rotatable bonds is 6. The van der Waals surface area contributed by atoms with Gasteiger partial charge in [0, 0.05) is 17.8 Å². The molecule has 0 aliphatic carbocycles. The molecule has 4 rings (SSSR count). The molecule has 4 aromatic carbocycles. The Morgan fingerprint density at radius 2 is 1.68 bits per heavy atom. The summed E-state index contributed by atoms with van der Waals surface area (Å²) in [6.07, 6.45) is 0. The zero-order chi connectivity index (χ0) is 19.3. The molecule has 0 saturated carbocycles. The number of hydrogen-bond donors (Lipinski definition) is 1. The maximum Gasteiger partial charge on any atom is 0.125 e. The van der Waals surface area contributed by atoms with E-state index < -0.39 is 0 Å². The van der Waals surface area contributed by atoms with Crippen molar-refractivity contribution >= 4 is 16.5 Å². The number of nitrogens with one attached hydrogen (secondary N) is 1. The van der Waals surface area contributed by atoms with Gasteiger partial charge in [-0.2, -0.15) is 0 Å². The lowest BCUT2D eigenvalue weighted by molar-refractivity contribution is 0.303. The highest BCUT2D eigenvalue weighted by Gasteiger charge is 2.10. The molecule has 0 atom stereocenters. The minimum absolute atomic E-state index is 0.249. The SMILES string of the molecule is Cc1ccc(NCc2c(OCc3cccc(F)c3)ccc3ccccc23)cc1. The molecule has 0 amide bonds. The smallest absolute Gasteiger partial charge is 0.125 e. The lowest BCUT2D eigenvalue weighted by Crippen LogP contribution is -2.05. The van der Waals surface area contributed by atoms with Gasteiger partial charge in [-0.15, -0.1) is 0 Å². The quantitative estimate of drug-likeness (QED) is 0.419. The van der Waals surface area contributed by atoms with Crippen LogP contribution in [0.25, 0.3) is 10.8 Å². The second kappa shape index (κ2) is 8.13. The zero-order valence-corrected chi connectivity index (χ0v) is 15.8. The summed E-state index contributed by atoms with van der Waals surface area (Å²) in [6.45, 7) is 3.05. The second-order valence-electron chi connectivity index (χ2n) is 6.90. The molecule has 0 spiro atoms. The molecule has 3 heteroatoms. The largest absolute Gasteiger partial charge is 0.489 e. The standard InChI is InChI=1S/C25H22FNO/c1-18-9-12-22(13-10-18)27-16-24-23-8-3-2-6-20(23)11-14-25(24)28-17-19-5-4-7-21(26)15-19/h2-15,27H,16-17H2,1H3. The molecule has 0 radical (unpaired) electrons. The summed E-state index contributed by atoms with van der Waals surface area (Å²) < 4.78 is 19.5. The molecule has 0 saturated heterocycles. The van der Waals surface area contributed by atoms with Crippen molar-refractivity contribution in [3.8, 4) is 5.75 Å². The lowest BCUT2D eigenvalue weighted by atomic mass is 10.0. The van der Waals surface area contributed by atoms with Crippen molar-refractivity contribution in [1.29, 1.82) is 0 Å². The van der Waals surface area contributed by atoms with E-state index in [0.29, 0.717) is 13.2 Å². The zero-order valence-electron chi connectivity index (χ0n) is 15.8. The van der Waals surface area contributed by atoms with Crippen LogP contribution in [0.15, 0.2) is 84.9 Å². The molecule has 0 heterocycles. The lowest BCUT2D eigenvalue weighted by Gasteiger charge is -2.16. The maximum absolute atomic E-state index is 13.5. The summed E-state index contributed by atoms with van der Waals surface area (Å²) in [5.74, 6) is 0.559. The van der Waals surface area contributed by atoms with Gasteiger partial charge in [-0.1, -0.05) is 60.2 Å². The van der Waals surface area contributed by atoms with Crippen LogP contribution in [0.1, 0.15) is 16.7 Å². The van der Waals surface area contributed by atoms with Gasteiger partial charge in [0.2, 0.25) is 0 Å². The number of halogens is 1. The Morgan fingerprint density at radius 3 is 2.50 bits per heavy atom. The van der Waals surface area contributed by atoms with E-state index in [1.807, 2.05) is 24.3 Å². The number of anilines is 1. The number of aryl methyl sites for hydroxylation is 1. The van der Waals surface area contributed by atoms with E-state index in [0.717, 1.165) is 28.0 Å². The van der Waals surface area contributed by atoms with Crippen LogP contribution < -0.4 is 10.1 Å². The van der Waals surface area contributed by atoms with Crippen LogP contribution in [0, 0.1) is 12.7 Å². The van der Waals surface area contributed by atoms with Gasteiger partial charge in [-0.25, -0.2) is 4.39 Å². The summed E-state index contributed by atoms with van der Waals surface area (Å²) in [7, 11) is 0. The van der Waals surface area contributed by atoms with Crippen LogP contribution in [0.3, 0.4) is 0 Å². The summed E-state index contributed by atoms with van der Waals surface area (Å²) in [5, 5.41) is 5.81. The van der Waals surface area contributed by atoms with Crippen LogP contribution in [0.5, 0.6) is 5.75 Å². The topological polar surface area (TPSA) is 21.3 Å². The fourth-order valence-corrected chi connectivity index (χ4v) is 3.28. The predicted octanol–water partition coefficient (Wildman–Crippen LogP) is 6.48. The molecular weight excluding hydrogens is 349 g/mol. The Morgan fingerprint density at radius 1 is 0.857 bits per heavy atom. The molecule has 2 nitrogen and oxygen atoms in total. The fraction of sp³-hybridized carbons (Fsp3) is 0.120. The van der Waals surface area contributed by atoms with Crippen LogP contribution in [0.2, 0.25) is 0 Å². The number of ether oxygens (including phenoxy) is 1. The van der Waals surface area contributed by atoms with E-state index in [2.05, 4.69) is 54.7 Å². The van der Waals surface area contributed by atoms with Crippen molar-refractivity contribution in [2.24, 2.45) is 0 Å². The first-order valence-electron chi connectivity index (χ1n) is 9.37. The van der Waals surface area contributed by atoms with Gasteiger partial charge in [0.05, 0.1) is 0 Å². The Kier molecular flexibility index (Phi) is 5.24. The Bertz CT molecular complexity index is 1090. The summed E-state index contributed by atoms with van der Waals surface area (Å²) >= 11 is 0. The normalized spacial score (nSPS) is 10.8.